The van der Waals surface area contributed by atoms with Gasteiger partial charge in [0.1, 0.15) is 0 Å². The number of rotatable bonds is 3. The largest absolute Gasteiger partial charge is 0.302 e. The fourth-order valence-corrected chi connectivity index (χ4v) is 2.74. The maximum Gasteiger partial charge on any atom is 0.226 e. The summed E-state index contributed by atoms with van der Waals surface area (Å²) < 4.78 is 0.974. The van der Waals surface area contributed by atoms with Gasteiger partial charge in [0, 0.05) is 16.8 Å². The van der Waals surface area contributed by atoms with Crippen LogP contribution in [0.1, 0.15) is 6.42 Å². The SMILES string of the molecule is O=C(CCBr)Nc1nc2ccc(Cl)cc2s1. The zero-order valence-electron chi connectivity index (χ0n) is 8.17. The predicted octanol–water partition coefficient (Wildman–Crippen LogP) is 3.67. The van der Waals surface area contributed by atoms with Gasteiger partial charge in [0.05, 0.1) is 10.2 Å². The van der Waals surface area contributed by atoms with E-state index in [0.29, 0.717) is 21.9 Å². The van der Waals surface area contributed by atoms with E-state index in [1.165, 1.54) is 11.3 Å². The molecule has 0 aliphatic rings. The van der Waals surface area contributed by atoms with Gasteiger partial charge >= 0.3 is 0 Å². The van der Waals surface area contributed by atoms with Gasteiger partial charge in [0.15, 0.2) is 5.13 Å². The molecule has 2 aromatic rings. The monoisotopic (exact) mass is 318 g/mol. The number of benzene rings is 1. The number of fused-ring (bicyclic) bond motifs is 1. The van der Waals surface area contributed by atoms with Crippen LogP contribution in [0.25, 0.3) is 10.2 Å². The van der Waals surface area contributed by atoms with Gasteiger partial charge in [-0.25, -0.2) is 4.98 Å². The zero-order chi connectivity index (χ0) is 11.5. The second-order valence-corrected chi connectivity index (χ2v) is 5.38. The summed E-state index contributed by atoms with van der Waals surface area (Å²) in [5, 5.41) is 4.69. The molecule has 1 aromatic heterocycles. The van der Waals surface area contributed by atoms with Crippen molar-refractivity contribution in [2.75, 3.05) is 10.6 Å². The Morgan fingerprint density at radius 2 is 2.38 bits per heavy atom. The Bertz CT molecular complexity index is 529. The molecule has 0 aliphatic carbocycles. The number of amides is 1. The van der Waals surface area contributed by atoms with Crippen molar-refractivity contribution < 1.29 is 4.79 Å². The zero-order valence-corrected chi connectivity index (χ0v) is 11.3. The molecule has 1 N–H and O–H groups in total. The molecule has 1 amide bonds. The molecule has 84 valence electrons. The summed E-state index contributed by atoms with van der Waals surface area (Å²) in [6.45, 7) is 0. The minimum absolute atomic E-state index is 0.0398. The van der Waals surface area contributed by atoms with E-state index in [0.717, 1.165) is 10.2 Å². The molecule has 1 heterocycles. The highest BCUT2D eigenvalue weighted by Gasteiger charge is 2.07. The molecule has 0 fully saturated rings. The number of carbonyl (C=O) groups excluding carboxylic acids is 1. The molecule has 0 unspecified atom stereocenters. The van der Waals surface area contributed by atoms with Crippen molar-refractivity contribution in [2.45, 2.75) is 6.42 Å². The van der Waals surface area contributed by atoms with Crippen LogP contribution in [0.4, 0.5) is 5.13 Å². The molecule has 2 rings (SSSR count). The van der Waals surface area contributed by atoms with E-state index in [-0.39, 0.29) is 5.91 Å². The summed E-state index contributed by atoms with van der Waals surface area (Å²) in [6.07, 6.45) is 0.441. The lowest BCUT2D eigenvalue weighted by Crippen LogP contribution is -2.11. The van der Waals surface area contributed by atoms with Crippen molar-refractivity contribution >= 4 is 60.1 Å². The maximum absolute atomic E-state index is 11.4. The Kier molecular flexibility index (Phi) is 3.78. The molecule has 6 heteroatoms. The van der Waals surface area contributed by atoms with Gasteiger partial charge in [-0.1, -0.05) is 38.9 Å². The molecule has 0 saturated heterocycles. The molecule has 0 spiro atoms. The van der Waals surface area contributed by atoms with E-state index in [2.05, 4.69) is 26.2 Å². The fourth-order valence-electron chi connectivity index (χ4n) is 1.22. The third-order valence-electron chi connectivity index (χ3n) is 1.92. The molecule has 0 atom stereocenters. The lowest BCUT2D eigenvalue weighted by molar-refractivity contribution is -0.115. The first-order chi connectivity index (χ1) is 7.69. The normalized spacial score (nSPS) is 10.6. The summed E-state index contributed by atoms with van der Waals surface area (Å²) in [7, 11) is 0. The maximum atomic E-state index is 11.4. The summed E-state index contributed by atoms with van der Waals surface area (Å²) in [5.41, 5.74) is 0.851. The molecule has 0 radical (unpaired) electrons. The summed E-state index contributed by atoms with van der Waals surface area (Å²) >= 11 is 10.5. The Balaban J connectivity index is 2.23. The topological polar surface area (TPSA) is 42.0 Å². The van der Waals surface area contributed by atoms with E-state index >= 15 is 0 Å². The Morgan fingerprint density at radius 3 is 3.12 bits per heavy atom. The number of thiazole rings is 1. The highest BCUT2D eigenvalue weighted by atomic mass is 79.9. The average molecular weight is 320 g/mol. The lowest BCUT2D eigenvalue weighted by atomic mass is 10.3. The van der Waals surface area contributed by atoms with Crippen LogP contribution in [-0.2, 0) is 4.79 Å². The number of aromatic nitrogens is 1. The number of hydrogen-bond acceptors (Lipinski definition) is 3. The quantitative estimate of drug-likeness (QED) is 0.877. The predicted molar refractivity (Wildman–Crippen MR) is 71.7 cm³/mol. The van der Waals surface area contributed by atoms with Crippen molar-refractivity contribution in [3.05, 3.63) is 23.2 Å². The van der Waals surface area contributed by atoms with Crippen LogP contribution < -0.4 is 5.32 Å². The van der Waals surface area contributed by atoms with Gasteiger partial charge in [0.2, 0.25) is 5.91 Å². The number of anilines is 1. The van der Waals surface area contributed by atoms with E-state index < -0.39 is 0 Å². The first kappa shape index (κ1) is 11.8. The minimum Gasteiger partial charge on any atom is -0.302 e. The molecule has 3 nitrogen and oxygen atoms in total. The number of nitrogens with zero attached hydrogens (tertiary/aromatic N) is 1. The third kappa shape index (κ3) is 2.72. The Morgan fingerprint density at radius 1 is 1.56 bits per heavy atom. The highest BCUT2D eigenvalue weighted by molar-refractivity contribution is 9.09. The molecule has 0 aliphatic heterocycles. The highest BCUT2D eigenvalue weighted by Crippen LogP contribution is 2.28. The van der Waals surface area contributed by atoms with Gasteiger partial charge in [-0.15, -0.1) is 0 Å². The summed E-state index contributed by atoms with van der Waals surface area (Å²) in [5.74, 6) is -0.0398. The van der Waals surface area contributed by atoms with Crippen molar-refractivity contribution in [3.8, 4) is 0 Å². The second-order valence-electron chi connectivity index (χ2n) is 3.12. The summed E-state index contributed by atoms with van der Waals surface area (Å²) in [4.78, 5) is 15.6. The Hall–Kier alpha value is -0.650. The van der Waals surface area contributed by atoms with E-state index in [1.54, 1.807) is 6.07 Å². The molecular weight excluding hydrogens is 312 g/mol. The standard InChI is InChI=1S/C10H8BrClN2OS/c11-4-3-9(15)14-10-13-7-2-1-6(12)5-8(7)16-10/h1-2,5H,3-4H2,(H,13,14,15). The first-order valence-corrected chi connectivity index (χ1v) is 6.92. The van der Waals surface area contributed by atoms with Gasteiger partial charge in [-0.2, -0.15) is 0 Å². The number of halogens is 2. The Labute approximate surface area is 110 Å². The van der Waals surface area contributed by atoms with Crippen LogP contribution in [-0.4, -0.2) is 16.2 Å². The van der Waals surface area contributed by atoms with Gasteiger partial charge in [0.25, 0.3) is 0 Å². The number of carbonyl (C=O) groups is 1. The molecule has 1 aromatic carbocycles. The van der Waals surface area contributed by atoms with Crippen LogP contribution in [0.2, 0.25) is 5.02 Å². The van der Waals surface area contributed by atoms with Crippen molar-refractivity contribution in [3.63, 3.8) is 0 Å². The lowest BCUT2D eigenvalue weighted by Gasteiger charge is -1.96. The molecule has 0 saturated carbocycles. The van der Waals surface area contributed by atoms with Gasteiger partial charge in [-0.05, 0) is 18.2 Å². The third-order valence-corrected chi connectivity index (χ3v) is 3.48. The number of nitrogens with one attached hydrogen (secondary N) is 1. The van der Waals surface area contributed by atoms with E-state index in [4.69, 9.17) is 11.6 Å². The van der Waals surface area contributed by atoms with Gasteiger partial charge < -0.3 is 5.32 Å². The van der Waals surface area contributed by atoms with Crippen LogP contribution in [0, 0.1) is 0 Å². The average Bonchev–Trinajstić information content (AvgIpc) is 2.59. The van der Waals surface area contributed by atoms with Crippen LogP contribution in [0.3, 0.4) is 0 Å². The molecule has 0 bridgehead atoms. The molecule has 16 heavy (non-hydrogen) atoms. The van der Waals surface area contributed by atoms with Crippen LogP contribution in [0.5, 0.6) is 0 Å². The second kappa shape index (κ2) is 5.12. The van der Waals surface area contributed by atoms with E-state index in [9.17, 15) is 4.79 Å². The van der Waals surface area contributed by atoms with Crippen molar-refractivity contribution in [1.82, 2.24) is 4.98 Å². The van der Waals surface area contributed by atoms with Gasteiger partial charge in [-0.3, -0.25) is 4.79 Å². The van der Waals surface area contributed by atoms with Crippen molar-refractivity contribution in [2.24, 2.45) is 0 Å². The number of alkyl halides is 1. The summed E-state index contributed by atoms with van der Waals surface area (Å²) in [6, 6.07) is 5.47. The number of hydrogen-bond donors (Lipinski definition) is 1. The van der Waals surface area contributed by atoms with E-state index in [1.807, 2.05) is 12.1 Å². The minimum atomic E-state index is -0.0398. The van der Waals surface area contributed by atoms with Crippen LogP contribution >= 0.6 is 38.9 Å². The molecular formula is C10H8BrClN2OS. The van der Waals surface area contributed by atoms with Crippen molar-refractivity contribution in [1.29, 1.82) is 0 Å². The fraction of sp³-hybridized carbons (Fsp3) is 0.200. The first-order valence-electron chi connectivity index (χ1n) is 4.61. The van der Waals surface area contributed by atoms with Crippen LogP contribution in [0.15, 0.2) is 18.2 Å². The smallest absolute Gasteiger partial charge is 0.226 e.